The summed E-state index contributed by atoms with van der Waals surface area (Å²) in [5.74, 6) is 1.48. The molecular weight excluding hydrogens is 240 g/mol. The number of nitrogens with one attached hydrogen (secondary N) is 2. The van der Waals surface area contributed by atoms with E-state index in [1.54, 1.807) is 12.4 Å². The van der Waals surface area contributed by atoms with Gasteiger partial charge in [-0.2, -0.15) is 10.2 Å². The van der Waals surface area contributed by atoms with Crippen molar-refractivity contribution in [2.75, 3.05) is 5.32 Å². The molecule has 0 aliphatic heterocycles. The van der Waals surface area contributed by atoms with E-state index in [9.17, 15) is 0 Å². The lowest BCUT2D eigenvalue weighted by molar-refractivity contribution is 0.562. The number of fused-ring (bicyclic) bond motifs is 1. The standard InChI is InChI=1S/C13H16N6/c1-13(2,3)10-8-9-12(14-6-7-19(9)18-10)16-11-4-5-15-17-11/h4-8H,1-3H3,(H2,14,15,16,17). The first-order valence-electron chi connectivity index (χ1n) is 6.16. The van der Waals surface area contributed by atoms with Crippen LogP contribution >= 0.6 is 0 Å². The van der Waals surface area contributed by atoms with Crippen LogP contribution in [-0.2, 0) is 5.41 Å². The van der Waals surface area contributed by atoms with Crippen LogP contribution in [0.2, 0.25) is 0 Å². The molecule has 0 bridgehead atoms. The zero-order chi connectivity index (χ0) is 13.5. The Balaban J connectivity index is 2.07. The minimum absolute atomic E-state index is 0.00955. The maximum Gasteiger partial charge on any atom is 0.157 e. The fourth-order valence-electron chi connectivity index (χ4n) is 1.84. The summed E-state index contributed by atoms with van der Waals surface area (Å²) in [6, 6.07) is 3.91. The highest BCUT2D eigenvalue weighted by atomic mass is 15.3. The Labute approximate surface area is 110 Å². The molecule has 0 aromatic carbocycles. The van der Waals surface area contributed by atoms with Gasteiger partial charge in [-0.05, 0) is 6.07 Å². The second-order valence-electron chi connectivity index (χ2n) is 5.47. The Hall–Kier alpha value is -2.37. The second-order valence-corrected chi connectivity index (χ2v) is 5.47. The SMILES string of the molecule is CC(C)(C)c1cc2c(Nc3cc[nH]n3)nccn2n1. The first-order chi connectivity index (χ1) is 9.04. The van der Waals surface area contributed by atoms with E-state index in [1.807, 2.05) is 16.8 Å². The first-order valence-corrected chi connectivity index (χ1v) is 6.16. The number of hydrogen-bond acceptors (Lipinski definition) is 4. The molecular formula is C13H16N6. The Morgan fingerprint density at radius 2 is 2.16 bits per heavy atom. The van der Waals surface area contributed by atoms with Crippen LogP contribution in [0.5, 0.6) is 0 Å². The summed E-state index contributed by atoms with van der Waals surface area (Å²) in [5.41, 5.74) is 1.98. The van der Waals surface area contributed by atoms with Gasteiger partial charge in [-0.3, -0.25) is 5.10 Å². The Kier molecular flexibility index (Phi) is 2.51. The zero-order valence-electron chi connectivity index (χ0n) is 11.2. The third-order valence-electron chi connectivity index (χ3n) is 2.91. The number of nitrogens with zero attached hydrogens (tertiary/aromatic N) is 4. The number of aromatic nitrogens is 5. The maximum atomic E-state index is 4.58. The molecule has 3 aromatic rings. The van der Waals surface area contributed by atoms with Gasteiger partial charge in [-0.25, -0.2) is 9.50 Å². The van der Waals surface area contributed by atoms with E-state index in [0.29, 0.717) is 0 Å². The molecule has 3 rings (SSSR count). The predicted molar refractivity (Wildman–Crippen MR) is 73.6 cm³/mol. The molecule has 0 fully saturated rings. The smallest absolute Gasteiger partial charge is 0.157 e. The Morgan fingerprint density at radius 3 is 2.84 bits per heavy atom. The summed E-state index contributed by atoms with van der Waals surface area (Å²) < 4.78 is 1.84. The number of anilines is 2. The van der Waals surface area contributed by atoms with Crippen molar-refractivity contribution >= 4 is 17.2 Å². The molecule has 0 saturated carbocycles. The van der Waals surface area contributed by atoms with Gasteiger partial charge < -0.3 is 5.32 Å². The van der Waals surface area contributed by atoms with Gasteiger partial charge in [-0.1, -0.05) is 20.8 Å². The van der Waals surface area contributed by atoms with E-state index in [2.05, 4.69) is 52.4 Å². The van der Waals surface area contributed by atoms with Crippen LogP contribution in [0.1, 0.15) is 26.5 Å². The van der Waals surface area contributed by atoms with Gasteiger partial charge in [0.05, 0.1) is 5.69 Å². The average molecular weight is 256 g/mol. The molecule has 0 unspecified atom stereocenters. The van der Waals surface area contributed by atoms with Gasteiger partial charge in [0.15, 0.2) is 11.6 Å². The minimum Gasteiger partial charge on any atom is -0.322 e. The van der Waals surface area contributed by atoms with E-state index in [0.717, 1.165) is 22.8 Å². The minimum atomic E-state index is 0.00955. The summed E-state index contributed by atoms with van der Waals surface area (Å²) in [4.78, 5) is 4.35. The van der Waals surface area contributed by atoms with Crippen molar-refractivity contribution in [1.82, 2.24) is 24.8 Å². The van der Waals surface area contributed by atoms with Crippen molar-refractivity contribution in [2.45, 2.75) is 26.2 Å². The highest BCUT2D eigenvalue weighted by Gasteiger charge is 2.19. The summed E-state index contributed by atoms with van der Waals surface area (Å²) in [7, 11) is 0. The molecule has 3 aromatic heterocycles. The fraction of sp³-hybridized carbons (Fsp3) is 0.308. The number of H-pyrrole nitrogens is 1. The quantitative estimate of drug-likeness (QED) is 0.739. The van der Waals surface area contributed by atoms with Crippen molar-refractivity contribution in [1.29, 1.82) is 0 Å². The van der Waals surface area contributed by atoms with Gasteiger partial charge >= 0.3 is 0 Å². The Bertz CT molecular complexity index is 690. The van der Waals surface area contributed by atoms with Crippen molar-refractivity contribution in [3.63, 3.8) is 0 Å². The Morgan fingerprint density at radius 1 is 1.32 bits per heavy atom. The summed E-state index contributed by atoms with van der Waals surface area (Å²) in [6.07, 6.45) is 5.33. The molecule has 98 valence electrons. The molecule has 0 aliphatic carbocycles. The fourth-order valence-corrected chi connectivity index (χ4v) is 1.84. The summed E-state index contributed by atoms with van der Waals surface area (Å²) >= 11 is 0. The molecule has 0 atom stereocenters. The van der Waals surface area contributed by atoms with Crippen LogP contribution in [0.15, 0.2) is 30.7 Å². The monoisotopic (exact) mass is 256 g/mol. The van der Waals surface area contributed by atoms with Crippen LogP contribution in [-0.4, -0.2) is 24.8 Å². The molecule has 2 N–H and O–H groups in total. The molecule has 19 heavy (non-hydrogen) atoms. The number of hydrogen-bond donors (Lipinski definition) is 2. The average Bonchev–Trinajstić information content (AvgIpc) is 2.96. The van der Waals surface area contributed by atoms with Gasteiger partial charge in [0.25, 0.3) is 0 Å². The molecule has 0 radical (unpaired) electrons. The lowest BCUT2D eigenvalue weighted by Gasteiger charge is -2.13. The van der Waals surface area contributed by atoms with E-state index < -0.39 is 0 Å². The van der Waals surface area contributed by atoms with Gasteiger partial charge in [0, 0.05) is 30.1 Å². The zero-order valence-corrected chi connectivity index (χ0v) is 11.2. The summed E-state index contributed by atoms with van der Waals surface area (Å²) in [6.45, 7) is 6.43. The van der Waals surface area contributed by atoms with Crippen LogP contribution in [0, 0.1) is 0 Å². The van der Waals surface area contributed by atoms with Crippen molar-refractivity contribution < 1.29 is 0 Å². The van der Waals surface area contributed by atoms with Crippen LogP contribution in [0.3, 0.4) is 0 Å². The molecule has 0 aliphatic rings. The highest BCUT2D eigenvalue weighted by molar-refractivity contribution is 5.72. The lowest BCUT2D eigenvalue weighted by Crippen LogP contribution is -2.11. The molecule has 6 heteroatoms. The van der Waals surface area contributed by atoms with E-state index in [1.165, 1.54) is 0 Å². The van der Waals surface area contributed by atoms with E-state index in [-0.39, 0.29) is 5.41 Å². The molecule has 0 saturated heterocycles. The maximum absolute atomic E-state index is 4.58. The number of rotatable bonds is 2. The lowest BCUT2D eigenvalue weighted by atomic mass is 9.92. The topological polar surface area (TPSA) is 70.9 Å². The van der Waals surface area contributed by atoms with Gasteiger partial charge in [-0.15, -0.1) is 0 Å². The van der Waals surface area contributed by atoms with Crippen molar-refractivity contribution in [3.05, 3.63) is 36.4 Å². The molecule has 0 spiro atoms. The van der Waals surface area contributed by atoms with Crippen LogP contribution < -0.4 is 5.32 Å². The van der Waals surface area contributed by atoms with Crippen molar-refractivity contribution in [2.24, 2.45) is 0 Å². The first kappa shape index (κ1) is 11.7. The van der Waals surface area contributed by atoms with E-state index >= 15 is 0 Å². The molecule has 3 heterocycles. The predicted octanol–water partition coefficient (Wildman–Crippen LogP) is 2.49. The largest absolute Gasteiger partial charge is 0.322 e. The third kappa shape index (κ3) is 2.16. The normalized spacial score (nSPS) is 11.9. The van der Waals surface area contributed by atoms with Gasteiger partial charge in [0.1, 0.15) is 5.52 Å². The van der Waals surface area contributed by atoms with Crippen LogP contribution in [0.25, 0.3) is 5.52 Å². The molecule has 6 nitrogen and oxygen atoms in total. The van der Waals surface area contributed by atoms with E-state index in [4.69, 9.17) is 0 Å². The molecule has 0 amide bonds. The summed E-state index contributed by atoms with van der Waals surface area (Å²) in [5, 5.41) is 14.6. The van der Waals surface area contributed by atoms with Crippen molar-refractivity contribution in [3.8, 4) is 0 Å². The number of aromatic amines is 1. The van der Waals surface area contributed by atoms with Crippen LogP contribution in [0.4, 0.5) is 11.6 Å². The highest BCUT2D eigenvalue weighted by Crippen LogP contribution is 2.25. The van der Waals surface area contributed by atoms with Gasteiger partial charge in [0.2, 0.25) is 0 Å². The second kappa shape index (κ2) is 4.08. The third-order valence-corrected chi connectivity index (χ3v) is 2.91.